The summed E-state index contributed by atoms with van der Waals surface area (Å²) in [5.74, 6) is 0. The molecule has 0 amide bonds. The maximum absolute atomic E-state index is 4.02. The summed E-state index contributed by atoms with van der Waals surface area (Å²) in [5.41, 5.74) is 1.17. The number of hydrogen-bond donors (Lipinski definition) is 0. The van der Waals surface area contributed by atoms with Crippen molar-refractivity contribution in [2.24, 2.45) is 0 Å². The van der Waals surface area contributed by atoms with Gasteiger partial charge in [-0.2, -0.15) is 0 Å². The van der Waals surface area contributed by atoms with Crippen molar-refractivity contribution in [1.82, 2.24) is 4.98 Å². The monoisotopic (exact) mass is 210 g/mol. The predicted octanol–water partition coefficient (Wildman–Crippen LogP) is 2.97. The van der Waals surface area contributed by atoms with Crippen molar-refractivity contribution < 1.29 is 0 Å². The van der Waals surface area contributed by atoms with Crippen molar-refractivity contribution in [2.75, 3.05) is 0 Å². The lowest BCUT2D eigenvalue weighted by Gasteiger charge is -1.96. The molecule has 0 fully saturated rings. The van der Waals surface area contributed by atoms with E-state index in [1.807, 2.05) is 18.2 Å². The second kappa shape index (κ2) is 4.29. The van der Waals surface area contributed by atoms with E-state index in [2.05, 4.69) is 33.9 Å². The molecular formula is C9H9BrN. The van der Waals surface area contributed by atoms with Gasteiger partial charge in [0.25, 0.3) is 0 Å². The minimum atomic E-state index is 0.871. The number of pyridine rings is 1. The average molecular weight is 211 g/mol. The van der Waals surface area contributed by atoms with E-state index in [4.69, 9.17) is 0 Å². The van der Waals surface area contributed by atoms with Gasteiger partial charge in [0.15, 0.2) is 0 Å². The van der Waals surface area contributed by atoms with Crippen LogP contribution >= 0.6 is 15.9 Å². The summed E-state index contributed by atoms with van der Waals surface area (Å²) in [4.78, 5) is 4.02. The second-order valence-corrected chi connectivity index (χ2v) is 2.95. The van der Waals surface area contributed by atoms with Crippen molar-refractivity contribution in [3.63, 3.8) is 0 Å². The van der Waals surface area contributed by atoms with Crippen LogP contribution in [-0.4, -0.2) is 4.98 Å². The minimum absolute atomic E-state index is 0.871. The van der Waals surface area contributed by atoms with E-state index in [0.717, 1.165) is 11.0 Å². The summed E-state index contributed by atoms with van der Waals surface area (Å²) < 4.78 is 0.871. The fraction of sp³-hybridized carbons (Fsp3) is 0.111. The number of rotatable bonds is 3. The SMILES string of the molecule is C=CC[CH]c1ccnc(Br)c1. The summed E-state index contributed by atoms with van der Waals surface area (Å²) in [6.45, 7) is 3.64. The van der Waals surface area contributed by atoms with Crippen LogP contribution in [0.25, 0.3) is 0 Å². The highest BCUT2D eigenvalue weighted by molar-refractivity contribution is 9.10. The van der Waals surface area contributed by atoms with Crippen molar-refractivity contribution in [1.29, 1.82) is 0 Å². The van der Waals surface area contributed by atoms with Gasteiger partial charge in [0.05, 0.1) is 0 Å². The Hall–Kier alpha value is -0.630. The Bertz CT molecular complexity index is 245. The Morgan fingerprint density at radius 3 is 3.09 bits per heavy atom. The molecule has 0 atom stereocenters. The van der Waals surface area contributed by atoms with Gasteiger partial charge in [-0.1, -0.05) is 6.08 Å². The van der Waals surface area contributed by atoms with Crippen molar-refractivity contribution >= 4 is 15.9 Å². The smallest absolute Gasteiger partial charge is 0.106 e. The lowest BCUT2D eigenvalue weighted by molar-refractivity contribution is 1.19. The molecule has 1 radical (unpaired) electrons. The van der Waals surface area contributed by atoms with Crippen LogP contribution in [-0.2, 0) is 0 Å². The number of nitrogens with zero attached hydrogens (tertiary/aromatic N) is 1. The summed E-state index contributed by atoms with van der Waals surface area (Å²) in [7, 11) is 0. The standard InChI is InChI=1S/C9H9BrN/c1-2-3-4-8-5-6-11-9(10)7-8/h2,4-7H,1,3H2. The third-order valence-electron chi connectivity index (χ3n) is 1.27. The fourth-order valence-corrected chi connectivity index (χ4v) is 1.15. The van der Waals surface area contributed by atoms with Gasteiger partial charge in [-0.25, -0.2) is 4.98 Å². The average Bonchev–Trinajstić information content (AvgIpc) is 2.01. The van der Waals surface area contributed by atoms with Gasteiger partial charge in [-0.3, -0.25) is 0 Å². The van der Waals surface area contributed by atoms with Crippen LogP contribution in [0.4, 0.5) is 0 Å². The van der Waals surface area contributed by atoms with E-state index in [1.54, 1.807) is 6.20 Å². The lowest BCUT2D eigenvalue weighted by Crippen LogP contribution is -1.81. The van der Waals surface area contributed by atoms with Crippen molar-refractivity contribution in [3.8, 4) is 0 Å². The normalized spacial score (nSPS) is 9.55. The number of aromatic nitrogens is 1. The number of halogens is 1. The summed E-state index contributed by atoms with van der Waals surface area (Å²) in [6, 6.07) is 3.94. The largest absolute Gasteiger partial charge is 0.249 e. The molecule has 1 aromatic rings. The van der Waals surface area contributed by atoms with Crippen LogP contribution in [0.2, 0.25) is 0 Å². The second-order valence-electron chi connectivity index (χ2n) is 2.14. The third-order valence-corrected chi connectivity index (χ3v) is 1.70. The van der Waals surface area contributed by atoms with Crippen LogP contribution < -0.4 is 0 Å². The molecule has 0 spiro atoms. The molecule has 1 nitrogen and oxygen atoms in total. The molecule has 0 bridgehead atoms. The van der Waals surface area contributed by atoms with Gasteiger partial charge in [0.1, 0.15) is 4.60 Å². The Morgan fingerprint density at radius 2 is 2.45 bits per heavy atom. The summed E-state index contributed by atoms with van der Waals surface area (Å²) >= 11 is 3.30. The summed E-state index contributed by atoms with van der Waals surface area (Å²) in [6.07, 6.45) is 6.64. The van der Waals surface area contributed by atoms with Crippen LogP contribution in [0.3, 0.4) is 0 Å². The van der Waals surface area contributed by atoms with E-state index in [9.17, 15) is 0 Å². The zero-order chi connectivity index (χ0) is 8.10. The predicted molar refractivity (Wildman–Crippen MR) is 50.2 cm³/mol. The highest BCUT2D eigenvalue weighted by Gasteiger charge is 1.92. The van der Waals surface area contributed by atoms with Crippen molar-refractivity contribution in [2.45, 2.75) is 6.42 Å². The van der Waals surface area contributed by atoms with Crippen LogP contribution in [0.5, 0.6) is 0 Å². The molecule has 1 rings (SSSR count). The van der Waals surface area contributed by atoms with Gasteiger partial charge < -0.3 is 0 Å². The van der Waals surface area contributed by atoms with Crippen LogP contribution in [0.15, 0.2) is 35.6 Å². The Morgan fingerprint density at radius 1 is 1.64 bits per heavy atom. The zero-order valence-corrected chi connectivity index (χ0v) is 7.71. The van der Waals surface area contributed by atoms with E-state index in [0.29, 0.717) is 0 Å². The maximum atomic E-state index is 4.02. The van der Waals surface area contributed by atoms with Crippen molar-refractivity contribution in [3.05, 3.63) is 47.6 Å². The number of hydrogen-bond acceptors (Lipinski definition) is 1. The topological polar surface area (TPSA) is 12.9 Å². The molecule has 0 N–H and O–H groups in total. The molecule has 0 aliphatic heterocycles. The van der Waals surface area contributed by atoms with Gasteiger partial charge in [0, 0.05) is 6.20 Å². The Balaban J connectivity index is 2.63. The first kappa shape index (κ1) is 8.47. The first-order chi connectivity index (χ1) is 5.33. The zero-order valence-electron chi connectivity index (χ0n) is 6.13. The molecule has 0 aromatic carbocycles. The highest BCUT2D eigenvalue weighted by atomic mass is 79.9. The first-order valence-electron chi connectivity index (χ1n) is 3.38. The van der Waals surface area contributed by atoms with Gasteiger partial charge >= 0.3 is 0 Å². The molecule has 1 aromatic heterocycles. The molecule has 0 unspecified atom stereocenters. The summed E-state index contributed by atoms with van der Waals surface area (Å²) in [5, 5.41) is 0. The Kier molecular flexibility index (Phi) is 3.30. The molecule has 0 aliphatic rings. The van der Waals surface area contributed by atoms with E-state index in [1.165, 1.54) is 5.56 Å². The first-order valence-corrected chi connectivity index (χ1v) is 4.18. The number of allylic oxidation sites excluding steroid dienone is 1. The molecular weight excluding hydrogens is 202 g/mol. The molecule has 2 heteroatoms. The van der Waals surface area contributed by atoms with Gasteiger partial charge in [-0.05, 0) is 46.5 Å². The van der Waals surface area contributed by atoms with E-state index >= 15 is 0 Å². The molecule has 0 aliphatic carbocycles. The quantitative estimate of drug-likeness (QED) is 0.553. The van der Waals surface area contributed by atoms with Gasteiger partial charge in [-0.15, -0.1) is 6.58 Å². The third kappa shape index (κ3) is 2.85. The Labute approximate surface area is 75.3 Å². The van der Waals surface area contributed by atoms with Crippen LogP contribution in [0, 0.1) is 6.42 Å². The van der Waals surface area contributed by atoms with Gasteiger partial charge in [0.2, 0.25) is 0 Å². The van der Waals surface area contributed by atoms with Crippen LogP contribution in [0.1, 0.15) is 12.0 Å². The highest BCUT2D eigenvalue weighted by Crippen LogP contribution is 2.10. The molecule has 57 valence electrons. The molecule has 11 heavy (non-hydrogen) atoms. The van der Waals surface area contributed by atoms with E-state index in [-0.39, 0.29) is 0 Å². The maximum Gasteiger partial charge on any atom is 0.106 e. The minimum Gasteiger partial charge on any atom is -0.249 e. The fourth-order valence-electron chi connectivity index (χ4n) is 0.764. The molecule has 0 saturated heterocycles. The molecule has 1 heterocycles. The molecule has 0 saturated carbocycles. The lowest BCUT2D eigenvalue weighted by atomic mass is 10.1. The van der Waals surface area contributed by atoms with E-state index < -0.39 is 0 Å².